The number of alkyl halides is 3. The summed E-state index contributed by atoms with van der Waals surface area (Å²) >= 11 is 0. The average molecular weight is 435 g/mol. The van der Waals surface area contributed by atoms with E-state index in [1.807, 2.05) is 0 Å². The number of hydrogen-bond donors (Lipinski definition) is 1. The van der Waals surface area contributed by atoms with Crippen molar-refractivity contribution in [2.24, 2.45) is 0 Å². The molecule has 0 radical (unpaired) electrons. The molecule has 1 aliphatic rings. The van der Waals surface area contributed by atoms with Gasteiger partial charge in [0.2, 0.25) is 9.84 Å². The SMILES string of the molecule is O=S(=O)(c1ccccc1)c1ccc2c(c1)O[C@@H](CNS(=O)(=O)C(F)(F)F)CC2. The Morgan fingerprint density at radius 1 is 1.00 bits per heavy atom. The van der Waals surface area contributed by atoms with Gasteiger partial charge in [0.25, 0.3) is 0 Å². The minimum Gasteiger partial charge on any atom is -0.489 e. The maximum Gasteiger partial charge on any atom is 0.511 e. The second-order valence-corrected chi connectivity index (χ2v) is 9.87. The van der Waals surface area contributed by atoms with E-state index in [2.05, 4.69) is 0 Å². The van der Waals surface area contributed by atoms with Crippen LogP contribution >= 0.6 is 0 Å². The van der Waals surface area contributed by atoms with E-state index in [-0.39, 0.29) is 22.0 Å². The van der Waals surface area contributed by atoms with Crippen molar-refractivity contribution in [3.8, 4) is 5.75 Å². The fourth-order valence-electron chi connectivity index (χ4n) is 2.74. The zero-order valence-electron chi connectivity index (χ0n) is 14.3. The summed E-state index contributed by atoms with van der Waals surface area (Å²) in [6.45, 7) is -0.572. The van der Waals surface area contributed by atoms with Gasteiger partial charge in [-0.1, -0.05) is 24.3 Å². The standard InChI is InChI=1S/C17H16F3NO5S2/c18-17(19,20)28(24,25)21-11-13-8-6-12-7-9-15(10-16(12)26-13)27(22,23)14-4-2-1-3-5-14/h1-5,7,9-10,13,21H,6,8,11H2/t13-/m1/s1. The lowest BCUT2D eigenvalue weighted by molar-refractivity contribution is -0.0449. The van der Waals surface area contributed by atoms with Crippen molar-refractivity contribution < 1.29 is 34.7 Å². The third-order valence-corrected chi connectivity index (χ3v) is 7.16. The minimum atomic E-state index is -5.47. The first kappa shape index (κ1) is 20.6. The van der Waals surface area contributed by atoms with Gasteiger partial charge in [-0.25, -0.2) is 21.6 Å². The minimum absolute atomic E-state index is 0.0195. The predicted octanol–water partition coefficient (Wildman–Crippen LogP) is 2.65. The molecule has 0 saturated heterocycles. The lowest BCUT2D eigenvalue weighted by Crippen LogP contribution is -2.42. The van der Waals surface area contributed by atoms with Crippen molar-refractivity contribution in [1.29, 1.82) is 0 Å². The molecule has 1 atom stereocenters. The average Bonchev–Trinajstić information content (AvgIpc) is 2.65. The van der Waals surface area contributed by atoms with Crippen LogP contribution in [0.25, 0.3) is 0 Å². The van der Waals surface area contributed by atoms with Gasteiger partial charge in [0.1, 0.15) is 11.9 Å². The van der Waals surface area contributed by atoms with E-state index in [0.29, 0.717) is 12.0 Å². The highest BCUT2D eigenvalue weighted by Crippen LogP contribution is 2.32. The second kappa shape index (κ2) is 7.37. The molecule has 0 bridgehead atoms. The number of nitrogens with one attached hydrogen (secondary N) is 1. The summed E-state index contributed by atoms with van der Waals surface area (Å²) < 4.78 is 91.9. The molecule has 0 aliphatic carbocycles. The third kappa shape index (κ3) is 4.15. The Morgan fingerprint density at radius 2 is 1.68 bits per heavy atom. The van der Waals surface area contributed by atoms with Gasteiger partial charge in [0.15, 0.2) is 0 Å². The molecule has 28 heavy (non-hydrogen) atoms. The Bertz CT molecular complexity index is 1070. The number of aryl methyl sites for hydroxylation is 1. The normalized spacial score (nSPS) is 17.6. The molecular formula is C17H16F3NO5S2. The fraction of sp³-hybridized carbons (Fsp3) is 0.294. The summed E-state index contributed by atoms with van der Waals surface area (Å²) in [6, 6.07) is 12.1. The molecule has 152 valence electrons. The van der Waals surface area contributed by atoms with E-state index in [1.165, 1.54) is 29.0 Å². The van der Waals surface area contributed by atoms with Crippen LogP contribution in [0, 0.1) is 0 Å². The summed E-state index contributed by atoms with van der Waals surface area (Å²) in [6.07, 6.45) is -0.142. The lowest BCUT2D eigenvalue weighted by atomic mass is 10.0. The number of sulfonamides is 1. The maximum absolute atomic E-state index is 12.7. The largest absolute Gasteiger partial charge is 0.511 e. The predicted molar refractivity (Wildman–Crippen MR) is 94.1 cm³/mol. The second-order valence-electron chi connectivity index (χ2n) is 6.16. The number of rotatable bonds is 5. The number of hydrogen-bond acceptors (Lipinski definition) is 5. The molecule has 2 aromatic carbocycles. The number of fused-ring (bicyclic) bond motifs is 1. The van der Waals surface area contributed by atoms with Gasteiger partial charge in [-0.15, -0.1) is 0 Å². The summed E-state index contributed by atoms with van der Waals surface area (Å²) in [5, 5.41) is 0. The molecule has 0 saturated carbocycles. The smallest absolute Gasteiger partial charge is 0.489 e. The number of sulfone groups is 1. The Labute approximate surface area is 160 Å². The van der Waals surface area contributed by atoms with Gasteiger partial charge in [0.05, 0.1) is 9.79 Å². The Morgan fingerprint density at radius 3 is 2.32 bits per heavy atom. The first-order valence-electron chi connectivity index (χ1n) is 8.16. The molecule has 3 rings (SSSR count). The van der Waals surface area contributed by atoms with E-state index in [1.54, 1.807) is 24.3 Å². The van der Waals surface area contributed by atoms with E-state index < -0.39 is 38.0 Å². The van der Waals surface area contributed by atoms with Crippen LogP contribution in [0.1, 0.15) is 12.0 Å². The van der Waals surface area contributed by atoms with Gasteiger partial charge in [-0.2, -0.15) is 13.2 Å². The molecule has 11 heteroatoms. The zero-order valence-corrected chi connectivity index (χ0v) is 15.9. The molecule has 0 unspecified atom stereocenters. The molecule has 0 aromatic heterocycles. The van der Waals surface area contributed by atoms with Crippen LogP contribution in [-0.2, 0) is 26.3 Å². The van der Waals surface area contributed by atoms with Crippen LogP contribution in [0.5, 0.6) is 5.75 Å². The van der Waals surface area contributed by atoms with Crippen LogP contribution in [-0.4, -0.2) is 35.0 Å². The van der Waals surface area contributed by atoms with Crippen LogP contribution in [0.3, 0.4) is 0 Å². The van der Waals surface area contributed by atoms with E-state index in [9.17, 15) is 30.0 Å². The van der Waals surface area contributed by atoms with Crippen LogP contribution in [0.2, 0.25) is 0 Å². The van der Waals surface area contributed by atoms with E-state index in [4.69, 9.17) is 4.74 Å². The van der Waals surface area contributed by atoms with E-state index in [0.717, 1.165) is 0 Å². The van der Waals surface area contributed by atoms with Gasteiger partial charge in [-0.3, -0.25) is 0 Å². The monoisotopic (exact) mass is 435 g/mol. The molecule has 1 heterocycles. The van der Waals surface area contributed by atoms with Gasteiger partial charge >= 0.3 is 15.5 Å². The van der Waals surface area contributed by atoms with Crippen LogP contribution < -0.4 is 9.46 Å². The first-order valence-corrected chi connectivity index (χ1v) is 11.1. The van der Waals surface area contributed by atoms with Crippen molar-refractivity contribution in [2.75, 3.05) is 6.54 Å². The lowest BCUT2D eigenvalue weighted by Gasteiger charge is -2.26. The topological polar surface area (TPSA) is 89.5 Å². The molecule has 6 nitrogen and oxygen atoms in total. The van der Waals surface area contributed by atoms with E-state index >= 15 is 0 Å². The van der Waals surface area contributed by atoms with Crippen molar-refractivity contribution in [1.82, 2.24) is 4.72 Å². The van der Waals surface area contributed by atoms with Crippen molar-refractivity contribution >= 4 is 19.9 Å². The molecule has 0 spiro atoms. The summed E-state index contributed by atoms with van der Waals surface area (Å²) in [5.41, 5.74) is -4.71. The molecular weight excluding hydrogens is 419 g/mol. The molecule has 0 amide bonds. The number of halogens is 3. The quantitative estimate of drug-likeness (QED) is 0.780. The third-order valence-electron chi connectivity index (χ3n) is 4.24. The number of ether oxygens (including phenoxy) is 1. The fourth-order valence-corrected chi connectivity index (χ4v) is 4.60. The first-order chi connectivity index (χ1) is 13.0. The highest BCUT2D eigenvalue weighted by molar-refractivity contribution is 7.91. The Balaban J connectivity index is 1.79. The molecule has 0 fully saturated rings. The highest BCUT2D eigenvalue weighted by Gasteiger charge is 2.46. The summed E-state index contributed by atoms with van der Waals surface area (Å²) in [5.74, 6) is 0.208. The van der Waals surface area contributed by atoms with Gasteiger partial charge in [-0.05, 0) is 42.7 Å². The van der Waals surface area contributed by atoms with Crippen molar-refractivity contribution in [3.63, 3.8) is 0 Å². The van der Waals surface area contributed by atoms with Crippen molar-refractivity contribution in [3.05, 3.63) is 54.1 Å². The molecule has 1 aliphatic heterocycles. The summed E-state index contributed by atoms with van der Waals surface area (Å²) in [4.78, 5) is 0.0780. The van der Waals surface area contributed by atoms with Crippen molar-refractivity contribution in [2.45, 2.75) is 34.2 Å². The van der Waals surface area contributed by atoms with Crippen LogP contribution in [0.4, 0.5) is 13.2 Å². The van der Waals surface area contributed by atoms with Gasteiger partial charge in [0, 0.05) is 6.54 Å². The zero-order chi connectivity index (χ0) is 20.6. The van der Waals surface area contributed by atoms with Gasteiger partial charge < -0.3 is 4.74 Å². The maximum atomic E-state index is 12.7. The Hall–Kier alpha value is -2.11. The molecule has 1 N–H and O–H groups in total. The number of benzene rings is 2. The Kier molecular flexibility index (Phi) is 5.43. The highest BCUT2D eigenvalue weighted by atomic mass is 32.2. The molecule has 2 aromatic rings. The van der Waals surface area contributed by atoms with Crippen LogP contribution in [0.15, 0.2) is 58.3 Å². The summed E-state index contributed by atoms with van der Waals surface area (Å²) in [7, 11) is -9.25.